The Labute approximate surface area is 142 Å². The highest BCUT2D eigenvalue weighted by atomic mass is 32.1. The quantitative estimate of drug-likeness (QED) is 0.614. The third kappa shape index (κ3) is 3.26. The summed E-state index contributed by atoms with van der Waals surface area (Å²) in [7, 11) is 0. The smallest absolute Gasteiger partial charge is 0.307 e. The van der Waals surface area contributed by atoms with E-state index in [1.54, 1.807) is 15.9 Å². The van der Waals surface area contributed by atoms with Crippen molar-refractivity contribution < 1.29 is 4.79 Å². The van der Waals surface area contributed by atoms with Crippen molar-refractivity contribution in [3.05, 3.63) is 23.9 Å². The molecule has 0 unspecified atom stereocenters. The van der Waals surface area contributed by atoms with E-state index in [9.17, 15) is 4.79 Å². The number of anilines is 1. The molecule has 23 heavy (non-hydrogen) atoms. The number of nitrogens with zero attached hydrogens (tertiary/aromatic N) is 4. The molecule has 0 saturated carbocycles. The number of carbonyl (C=O) groups excluding carboxylic acids is 1. The number of aromatic nitrogens is 1. The van der Waals surface area contributed by atoms with Gasteiger partial charge in [0.2, 0.25) is 0 Å². The molecule has 1 aromatic rings. The van der Waals surface area contributed by atoms with Crippen LogP contribution in [0.25, 0.3) is 0 Å². The van der Waals surface area contributed by atoms with Crippen LogP contribution in [0.15, 0.2) is 12.7 Å². The Hall–Kier alpha value is -1.84. The van der Waals surface area contributed by atoms with E-state index in [4.69, 9.17) is 6.42 Å². The van der Waals surface area contributed by atoms with E-state index >= 15 is 0 Å². The van der Waals surface area contributed by atoms with Gasteiger partial charge in [-0.05, 0) is 38.7 Å². The van der Waals surface area contributed by atoms with Crippen molar-refractivity contribution in [2.45, 2.75) is 39.7 Å². The summed E-state index contributed by atoms with van der Waals surface area (Å²) >= 11 is 1.38. The summed E-state index contributed by atoms with van der Waals surface area (Å²) in [5.41, 5.74) is 1.68. The number of rotatable bonds is 5. The summed E-state index contributed by atoms with van der Waals surface area (Å²) in [5.74, 6) is 2.81. The van der Waals surface area contributed by atoms with E-state index in [1.807, 2.05) is 20.8 Å². The van der Waals surface area contributed by atoms with Gasteiger partial charge < -0.3 is 4.90 Å². The van der Waals surface area contributed by atoms with Crippen molar-refractivity contribution in [1.82, 2.24) is 14.2 Å². The van der Waals surface area contributed by atoms with E-state index in [1.165, 1.54) is 11.5 Å². The average Bonchev–Trinajstić information content (AvgIpc) is 2.90. The fourth-order valence-electron chi connectivity index (χ4n) is 2.54. The number of carbonyl (C=O) groups is 1. The molecule has 0 radical (unpaired) electrons. The van der Waals surface area contributed by atoms with Gasteiger partial charge in [-0.2, -0.15) is 4.37 Å². The number of hydrogen-bond donors (Lipinski definition) is 0. The third-order valence-corrected chi connectivity index (χ3v) is 5.24. The van der Waals surface area contributed by atoms with Crippen LogP contribution in [0.1, 0.15) is 32.0 Å². The summed E-state index contributed by atoms with van der Waals surface area (Å²) in [6.45, 7) is 13.3. The molecule has 1 fully saturated rings. The molecule has 0 spiro atoms. The lowest BCUT2D eigenvalue weighted by Gasteiger charge is -2.46. The largest absolute Gasteiger partial charge is 0.327 e. The van der Waals surface area contributed by atoms with Crippen LogP contribution in [-0.4, -0.2) is 45.6 Å². The Kier molecular flexibility index (Phi) is 5.12. The summed E-state index contributed by atoms with van der Waals surface area (Å²) in [5, 5.41) is 0.901. The van der Waals surface area contributed by atoms with Crippen molar-refractivity contribution in [3.63, 3.8) is 0 Å². The Bertz CT molecular complexity index is 644. The minimum atomic E-state index is -0.440. The molecule has 2 heterocycles. The molecule has 1 aliphatic rings. The van der Waals surface area contributed by atoms with Gasteiger partial charge in [0.1, 0.15) is 5.00 Å². The fraction of sp³-hybridized carbons (Fsp3) is 0.529. The minimum Gasteiger partial charge on any atom is -0.307 e. The highest BCUT2D eigenvalue weighted by Gasteiger charge is 2.38. The molecular formula is C17H24N4OS. The Morgan fingerprint density at radius 1 is 1.48 bits per heavy atom. The summed E-state index contributed by atoms with van der Waals surface area (Å²) in [6.07, 6.45) is 8.28. The Balaban J connectivity index is 2.39. The van der Waals surface area contributed by atoms with E-state index < -0.39 is 5.54 Å². The molecule has 5 nitrogen and oxygen atoms in total. The molecule has 0 aromatic carbocycles. The molecule has 6 heteroatoms. The first-order valence-electron chi connectivity index (χ1n) is 7.71. The van der Waals surface area contributed by atoms with Crippen LogP contribution in [-0.2, 0) is 6.42 Å². The second kappa shape index (κ2) is 6.73. The molecular weight excluding hydrogens is 308 g/mol. The van der Waals surface area contributed by atoms with Gasteiger partial charge in [-0.15, -0.1) is 13.0 Å². The van der Waals surface area contributed by atoms with Crippen molar-refractivity contribution in [1.29, 1.82) is 0 Å². The Morgan fingerprint density at radius 2 is 2.17 bits per heavy atom. The van der Waals surface area contributed by atoms with Crippen LogP contribution in [0.3, 0.4) is 0 Å². The standard InChI is InChI=1S/C17H24N4OS/c1-7-10-19-11-20(17(5,6)9-3)12-21(16(19)22)15-13(4)14(8-2)18-23-15/h3,7H,1,8,10-12H2,2,4-6H3. The topological polar surface area (TPSA) is 39.7 Å². The SMILES string of the molecule is C#CC(C)(C)N1CN(CC=C)C(=O)N(c2snc(CC)c2C)C1. The predicted molar refractivity (Wildman–Crippen MR) is 95.5 cm³/mol. The lowest BCUT2D eigenvalue weighted by atomic mass is 10.1. The van der Waals surface area contributed by atoms with E-state index in [2.05, 4.69) is 28.7 Å². The third-order valence-electron chi connectivity index (χ3n) is 4.22. The van der Waals surface area contributed by atoms with Gasteiger partial charge in [-0.3, -0.25) is 9.80 Å². The summed E-state index contributed by atoms with van der Waals surface area (Å²) in [6, 6.07) is -0.0247. The molecule has 1 saturated heterocycles. The van der Waals surface area contributed by atoms with Crippen LogP contribution < -0.4 is 4.90 Å². The molecule has 1 aromatic heterocycles. The van der Waals surface area contributed by atoms with E-state index in [0.717, 1.165) is 22.7 Å². The van der Waals surface area contributed by atoms with Crippen molar-refractivity contribution in [2.24, 2.45) is 0 Å². The van der Waals surface area contributed by atoms with Crippen LogP contribution >= 0.6 is 11.5 Å². The van der Waals surface area contributed by atoms with Crippen LogP contribution in [0.4, 0.5) is 9.80 Å². The van der Waals surface area contributed by atoms with E-state index in [0.29, 0.717) is 19.9 Å². The molecule has 0 atom stereocenters. The van der Waals surface area contributed by atoms with Gasteiger partial charge in [0, 0.05) is 12.1 Å². The van der Waals surface area contributed by atoms with Crippen molar-refractivity contribution in [2.75, 3.05) is 24.8 Å². The molecule has 0 N–H and O–H groups in total. The monoisotopic (exact) mass is 332 g/mol. The lowest BCUT2D eigenvalue weighted by Crippen LogP contribution is -2.63. The van der Waals surface area contributed by atoms with Gasteiger partial charge in [0.05, 0.1) is 24.6 Å². The van der Waals surface area contributed by atoms with Gasteiger partial charge in [-0.25, -0.2) is 4.79 Å². The van der Waals surface area contributed by atoms with Crippen molar-refractivity contribution >= 4 is 22.6 Å². The van der Waals surface area contributed by atoms with Crippen LogP contribution in [0, 0.1) is 19.3 Å². The van der Waals surface area contributed by atoms with Gasteiger partial charge in [0.25, 0.3) is 0 Å². The maximum atomic E-state index is 12.8. The normalized spacial score (nSPS) is 16.6. The second-order valence-corrected chi connectivity index (χ2v) is 6.91. The molecule has 0 bridgehead atoms. The first kappa shape index (κ1) is 17.5. The van der Waals surface area contributed by atoms with Crippen molar-refractivity contribution in [3.8, 4) is 12.3 Å². The first-order valence-corrected chi connectivity index (χ1v) is 8.48. The lowest BCUT2D eigenvalue weighted by molar-refractivity contribution is 0.0747. The molecule has 2 rings (SSSR count). The fourth-order valence-corrected chi connectivity index (χ4v) is 3.49. The van der Waals surface area contributed by atoms with Gasteiger partial charge in [-0.1, -0.05) is 18.9 Å². The molecule has 1 aliphatic heterocycles. The minimum absolute atomic E-state index is 0.0247. The highest BCUT2D eigenvalue weighted by molar-refractivity contribution is 7.10. The highest BCUT2D eigenvalue weighted by Crippen LogP contribution is 2.32. The maximum Gasteiger partial charge on any atom is 0.327 e. The molecule has 2 amide bonds. The second-order valence-electron chi connectivity index (χ2n) is 6.16. The zero-order valence-corrected chi connectivity index (χ0v) is 15.1. The number of terminal acetylenes is 1. The first-order chi connectivity index (χ1) is 10.9. The zero-order chi connectivity index (χ0) is 17.2. The van der Waals surface area contributed by atoms with E-state index in [-0.39, 0.29) is 6.03 Å². The predicted octanol–water partition coefficient (Wildman–Crippen LogP) is 3.07. The van der Waals surface area contributed by atoms with Gasteiger partial charge in [0.15, 0.2) is 0 Å². The number of hydrogen-bond acceptors (Lipinski definition) is 4. The summed E-state index contributed by atoms with van der Waals surface area (Å²) < 4.78 is 4.47. The average molecular weight is 332 g/mol. The van der Waals surface area contributed by atoms with Gasteiger partial charge >= 0.3 is 6.03 Å². The number of aryl methyl sites for hydroxylation is 1. The Morgan fingerprint density at radius 3 is 2.70 bits per heavy atom. The number of amides is 2. The zero-order valence-electron chi connectivity index (χ0n) is 14.3. The number of urea groups is 1. The van der Waals surface area contributed by atoms with Crippen LogP contribution in [0.2, 0.25) is 0 Å². The molecule has 124 valence electrons. The maximum absolute atomic E-state index is 12.8. The van der Waals surface area contributed by atoms with Crippen LogP contribution in [0.5, 0.6) is 0 Å². The molecule has 0 aliphatic carbocycles. The summed E-state index contributed by atoms with van der Waals surface area (Å²) in [4.78, 5) is 18.5.